The first kappa shape index (κ1) is 7.39. The molecule has 68 valence electrons. The smallest absolute Gasteiger partial charge is 0.0108 e. The summed E-state index contributed by atoms with van der Waals surface area (Å²) in [6.45, 7) is 1.17. The summed E-state index contributed by atoms with van der Waals surface area (Å²) in [4.78, 5) is 3.12. The maximum Gasteiger partial charge on any atom is 0.0108 e. The molecular weight excluding hydrogens is 160 g/mol. The van der Waals surface area contributed by atoms with E-state index in [2.05, 4.69) is 28.6 Å². The summed E-state index contributed by atoms with van der Waals surface area (Å²) in [5, 5.41) is 3.55. The number of nitrogens with one attached hydrogen (secondary N) is 2. The molecule has 0 aromatic carbocycles. The van der Waals surface area contributed by atoms with E-state index < -0.39 is 0 Å². The SMILES string of the molecule is C1=C(c2cc[nH]c2)C2CNC(C1)C2. The first-order valence-electron chi connectivity index (χ1n) is 5.00. The van der Waals surface area contributed by atoms with Gasteiger partial charge >= 0.3 is 0 Å². The van der Waals surface area contributed by atoms with Gasteiger partial charge in [-0.25, -0.2) is 0 Å². The topological polar surface area (TPSA) is 27.8 Å². The van der Waals surface area contributed by atoms with Crippen LogP contribution in [-0.4, -0.2) is 17.6 Å². The number of fused-ring (bicyclic) bond motifs is 2. The van der Waals surface area contributed by atoms with Crippen LogP contribution in [0, 0.1) is 5.92 Å². The summed E-state index contributed by atoms with van der Waals surface area (Å²) in [5.41, 5.74) is 2.93. The van der Waals surface area contributed by atoms with Crippen LogP contribution in [0.15, 0.2) is 24.5 Å². The van der Waals surface area contributed by atoms with Gasteiger partial charge in [0.2, 0.25) is 0 Å². The Bertz CT molecular complexity index is 324. The van der Waals surface area contributed by atoms with Gasteiger partial charge in [0, 0.05) is 25.0 Å². The highest BCUT2D eigenvalue weighted by molar-refractivity contribution is 5.68. The average molecular weight is 174 g/mol. The largest absolute Gasteiger partial charge is 0.367 e. The fraction of sp³-hybridized carbons (Fsp3) is 0.455. The quantitative estimate of drug-likeness (QED) is 0.667. The molecule has 2 unspecified atom stereocenters. The molecule has 2 N–H and O–H groups in total. The maximum atomic E-state index is 3.55. The minimum Gasteiger partial charge on any atom is -0.367 e. The predicted molar refractivity (Wildman–Crippen MR) is 53.3 cm³/mol. The normalized spacial score (nSPS) is 31.8. The number of aromatic nitrogens is 1. The van der Waals surface area contributed by atoms with Crippen molar-refractivity contribution in [1.82, 2.24) is 10.3 Å². The van der Waals surface area contributed by atoms with Gasteiger partial charge in [0.1, 0.15) is 0 Å². The first-order valence-corrected chi connectivity index (χ1v) is 5.00. The van der Waals surface area contributed by atoms with Gasteiger partial charge in [0.25, 0.3) is 0 Å². The zero-order chi connectivity index (χ0) is 8.67. The van der Waals surface area contributed by atoms with Crippen molar-refractivity contribution in [1.29, 1.82) is 0 Å². The molecule has 3 rings (SSSR count). The minimum atomic E-state index is 0.757. The maximum absolute atomic E-state index is 3.55. The van der Waals surface area contributed by atoms with Gasteiger partial charge < -0.3 is 10.3 Å². The summed E-state index contributed by atoms with van der Waals surface area (Å²) in [7, 11) is 0. The second-order valence-corrected chi connectivity index (χ2v) is 4.03. The van der Waals surface area contributed by atoms with Crippen molar-refractivity contribution < 1.29 is 0 Å². The number of H-pyrrole nitrogens is 1. The summed E-state index contributed by atoms with van der Waals surface area (Å²) in [6, 6.07) is 2.93. The van der Waals surface area contributed by atoms with Crippen LogP contribution in [0.1, 0.15) is 18.4 Å². The third kappa shape index (κ3) is 1.13. The fourth-order valence-corrected chi connectivity index (χ4v) is 2.53. The summed E-state index contributed by atoms with van der Waals surface area (Å²) < 4.78 is 0. The lowest BCUT2D eigenvalue weighted by Crippen LogP contribution is -2.19. The Hall–Kier alpha value is -1.02. The van der Waals surface area contributed by atoms with E-state index in [-0.39, 0.29) is 0 Å². The van der Waals surface area contributed by atoms with Gasteiger partial charge in [-0.1, -0.05) is 6.08 Å². The molecule has 0 spiro atoms. The molecule has 1 aromatic rings. The van der Waals surface area contributed by atoms with E-state index in [9.17, 15) is 0 Å². The van der Waals surface area contributed by atoms with Gasteiger partial charge in [-0.15, -0.1) is 0 Å². The lowest BCUT2D eigenvalue weighted by molar-refractivity contribution is 0.594. The van der Waals surface area contributed by atoms with E-state index in [0.29, 0.717) is 0 Å². The average Bonchev–Trinajstić information content (AvgIpc) is 2.77. The van der Waals surface area contributed by atoms with Gasteiger partial charge in [0.15, 0.2) is 0 Å². The van der Waals surface area contributed by atoms with Crippen LogP contribution in [-0.2, 0) is 0 Å². The van der Waals surface area contributed by atoms with Crippen LogP contribution in [0.4, 0.5) is 0 Å². The van der Waals surface area contributed by atoms with Crippen LogP contribution < -0.4 is 5.32 Å². The molecule has 2 bridgehead atoms. The van der Waals surface area contributed by atoms with Crippen molar-refractivity contribution in [3.05, 3.63) is 30.1 Å². The molecule has 0 radical (unpaired) electrons. The molecule has 2 atom stereocenters. The Kier molecular flexibility index (Phi) is 1.56. The molecule has 13 heavy (non-hydrogen) atoms. The Balaban J connectivity index is 1.96. The van der Waals surface area contributed by atoms with Crippen LogP contribution in [0.25, 0.3) is 5.57 Å². The van der Waals surface area contributed by atoms with Crippen molar-refractivity contribution >= 4 is 5.57 Å². The van der Waals surface area contributed by atoms with Gasteiger partial charge in [-0.3, -0.25) is 0 Å². The second-order valence-electron chi connectivity index (χ2n) is 4.03. The van der Waals surface area contributed by atoms with Crippen molar-refractivity contribution in [2.75, 3.05) is 6.54 Å². The molecule has 1 aromatic heterocycles. The van der Waals surface area contributed by atoms with E-state index >= 15 is 0 Å². The third-order valence-corrected chi connectivity index (χ3v) is 3.22. The summed E-state index contributed by atoms with van der Waals surface area (Å²) in [5.74, 6) is 0.759. The van der Waals surface area contributed by atoms with Gasteiger partial charge in [-0.2, -0.15) is 0 Å². The molecule has 1 aliphatic heterocycles. The molecule has 1 fully saturated rings. The van der Waals surface area contributed by atoms with Crippen molar-refractivity contribution in [2.24, 2.45) is 5.92 Å². The number of hydrogen-bond donors (Lipinski definition) is 2. The Morgan fingerprint density at radius 1 is 1.38 bits per heavy atom. The summed E-state index contributed by atoms with van der Waals surface area (Å²) >= 11 is 0. The van der Waals surface area contributed by atoms with Crippen LogP contribution in [0.2, 0.25) is 0 Å². The van der Waals surface area contributed by atoms with Crippen LogP contribution in [0.5, 0.6) is 0 Å². The zero-order valence-electron chi connectivity index (χ0n) is 7.59. The standard InChI is InChI=1S/C11H14N2/c1-2-11(8-3-4-12-6-8)9-5-10(1)13-7-9/h2-4,6,9-10,12-13H,1,5,7H2. The molecule has 2 heterocycles. The van der Waals surface area contributed by atoms with E-state index in [0.717, 1.165) is 12.0 Å². The van der Waals surface area contributed by atoms with Crippen molar-refractivity contribution in [3.63, 3.8) is 0 Å². The molecule has 1 aliphatic carbocycles. The highest BCUT2D eigenvalue weighted by Gasteiger charge is 2.30. The Morgan fingerprint density at radius 2 is 2.38 bits per heavy atom. The van der Waals surface area contributed by atoms with E-state index in [4.69, 9.17) is 0 Å². The number of rotatable bonds is 1. The van der Waals surface area contributed by atoms with Gasteiger partial charge in [0.05, 0.1) is 0 Å². The Labute approximate surface area is 78.0 Å². The van der Waals surface area contributed by atoms with Crippen molar-refractivity contribution in [2.45, 2.75) is 18.9 Å². The van der Waals surface area contributed by atoms with Crippen LogP contribution >= 0.6 is 0 Å². The van der Waals surface area contributed by atoms with E-state index in [1.54, 1.807) is 5.57 Å². The number of aromatic amines is 1. The molecule has 0 amide bonds. The lowest BCUT2D eigenvalue weighted by atomic mass is 9.86. The first-order chi connectivity index (χ1) is 6.43. The van der Waals surface area contributed by atoms with E-state index in [1.807, 2.05) is 6.20 Å². The van der Waals surface area contributed by atoms with Crippen LogP contribution in [0.3, 0.4) is 0 Å². The Morgan fingerprint density at radius 3 is 3.23 bits per heavy atom. The summed E-state index contributed by atoms with van der Waals surface area (Å²) in [6.07, 6.45) is 9.05. The van der Waals surface area contributed by atoms with Crippen molar-refractivity contribution in [3.8, 4) is 0 Å². The second kappa shape index (κ2) is 2.74. The van der Waals surface area contributed by atoms with Gasteiger partial charge in [-0.05, 0) is 36.0 Å². The molecule has 2 heteroatoms. The highest BCUT2D eigenvalue weighted by Crippen LogP contribution is 2.35. The lowest BCUT2D eigenvalue weighted by Gasteiger charge is -2.18. The molecule has 1 saturated heterocycles. The zero-order valence-corrected chi connectivity index (χ0v) is 7.59. The monoisotopic (exact) mass is 174 g/mol. The molecular formula is C11H14N2. The molecule has 2 aliphatic rings. The van der Waals surface area contributed by atoms with E-state index in [1.165, 1.54) is 24.9 Å². The third-order valence-electron chi connectivity index (χ3n) is 3.22. The highest BCUT2D eigenvalue weighted by atomic mass is 15.0. The predicted octanol–water partition coefficient (Wildman–Crippen LogP) is 1.78. The fourth-order valence-electron chi connectivity index (χ4n) is 2.53. The minimum absolute atomic E-state index is 0.757. The molecule has 0 saturated carbocycles. The molecule has 2 nitrogen and oxygen atoms in total. The number of hydrogen-bond acceptors (Lipinski definition) is 1.